The topological polar surface area (TPSA) is 124 Å². The van der Waals surface area contributed by atoms with Crippen LogP contribution >= 0.6 is 11.6 Å². The Balaban J connectivity index is 2.08. The highest BCUT2D eigenvalue weighted by Gasteiger charge is 2.50. The van der Waals surface area contributed by atoms with Crippen LogP contribution in [0.4, 0.5) is 0 Å². The Morgan fingerprint density at radius 2 is 1.80 bits per heavy atom. The van der Waals surface area contributed by atoms with Gasteiger partial charge in [-0.3, -0.25) is 14.1 Å². The number of amides is 2. The van der Waals surface area contributed by atoms with Crippen LogP contribution in [-0.4, -0.2) is 59.7 Å². The minimum absolute atomic E-state index is 0.208. The second kappa shape index (κ2) is 8.82. The van der Waals surface area contributed by atoms with Crippen molar-refractivity contribution >= 4 is 33.5 Å². The molecule has 2 rings (SSSR count). The Morgan fingerprint density at radius 1 is 1.23 bits per heavy atom. The van der Waals surface area contributed by atoms with Gasteiger partial charge in [0.1, 0.15) is 0 Å². The van der Waals surface area contributed by atoms with Crippen LogP contribution in [0.2, 0.25) is 5.02 Å². The van der Waals surface area contributed by atoms with Crippen molar-refractivity contribution in [2.45, 2.75) is 45.8 Å². The van der Waals surface area contributed by atoms with Crippen LogP contribution in [0.3, 0.4) is 0 Å². The molecule has 0 radical (unpaired) electrons. The predicted molar refractivity (Wildman–Crippen MR) is 114 cm³/mol. The monoisotopic (exact) mass is 460 g/mol. The van der Waals surface area contributed by atoms with Gasteiger partial charge in [-0.2, -0.15) is 8.42 Å². The highest BCUT2D eigenvalue weighted by molar-refractivity contribution is 7.86. The van der Waals surface area contributed by atoms with E-state index in [1.54, 1.807) is 43.0 Å². The summed E-state index contributed by atoms with van der Waals surface area (Å²) < 4.78 is 30.4. The van der Waals surface area contributed by atoms with E-state index in [0.717, 1.165) is 5.56 Å². The summed E-state index contributed by atoms with van der Waals surface area (Å²) in [5.74, 6) is -2.75. The van der Waals surface area contributed by atoms with Crippen molar-refractivity contribution in [3.63, 3.8) is 0 Å². The Bertz CT molecular complexity index is 902. The summed E-state index contributed by atoms with van der Waals surface area (Å²) in [6, 6.07) is 6.39. The number of piperidine rings is 1. The van der Waals surface area contributed by atoms with E-state index in [-0.39, 0.29) is 5.91 Å². The number of rotatable bonds is 6. The zero-order valence-electron chi connectivity index (χ0n) is 17.6. The van der Waals surface area contributed by atoms with E-state index in [1.807, 2.05) is 13.8 Å². The largest absolute Gasteiger partial charge is 0.384 e. The molecule has 10 heteroatoms. The molecule has 3 atom stereocenters. The van der Waals surface area contributed by atoms with Crippen LogP contribution in [0.1, 0.15) is 39.7 Å². The Morgan fingerprint density at radius 3 is 2.30 bits per heavy atom. The summed E-state index contributed by atoms with van der Waals surface area (Å²) in [4.78, 5) is 26.4. The molecule has 1 unspecified atom stereocenters. The molecule has 8 nitrogen and oxygen atoms in total. The first-order valence-electron chi connectivity index (χ1n) is 9.68. The van der Waals surface area contributed by atoms with Crippen molar-refractivity contribution in [1.29, 1.82) is 0 Å². The molecule has 0 aliphatic carbocycles. The molecule has 0 aromatic heterocycles. The molecule has 0 bridgehead atoms. The van der Waals surface area contributed by atoms with Crippen LogP contribution in [0.5, 0.6) is 0 Å². The van der Waals surface area contributed by atoms with Gasteiger partial charge in [-0.05, 0) is 31.0 Å². The molecule has 168 valence electrons. The lowest BCUT2D eigenvalue weighted by molar-refractivity contribution is -0.156. The van der Waals surface area contributed by atoms with Crippen LogP contribution in [-0.2, 0) is 25.3 Å². The lowest BCUT2D eigenvalue weighted by atomic mass is 9.66. The van der Waals surface area contributed by atoms with E-state index < -0.39 is 44.8 Å². The lowest BCUT2D eigenvalue weighted by Crippen LogP contribution is -2.58. The molecular formula is C20H29ClN2O6S. The standard InChI is InChI=1S/C20H29ClN2O6S/c1-13(14(2)22-17(24)11-30(27,28)29)18(25)23-10-9-20(26,19(3,4)12-23)15-5-7-16(21)8-6-15/h5-8,13-14,26H,9-12H2,1-4H3,(H,22,24)(H,27,28,29)/t13-,14?,20+/m1/s1. The summed E-state index contributed by atoms with van der Waals surface area (Å²) in [7, 11) is -4.44. The highest BCUT2D eigenvalue weighted by Crippen LogP contribution is 2.46. The van der Waals surface area contributed by atoms with E-state index in [4.69, 9.17) is 16.2 Å². The Kier molecular flexibility index (Phi) is 7.23. The summed E-state index contributed by atoms with van der Waals surface area (Å²) in [5.41, 5.74) is -1.04. The first kappa shape index (κ1) is 24.6. The lowest BCUT2D eigenvalue weighted by Gasteiger charge is -2.51. The molecule has 3 N–H and O–H groups in total. The van der Waals surface area contributed by atoms with Gasteiger partial charge in [-0.25, -0.2) is 0 Å². The highest BCUT2D eigenvalue weighted by atomic mass is 35.5. The maximum Gasteiger partial charge on any atom is 0.274 e. The molecular weight excluding hydrogens is 432 g/mol. The quantitative estimate of drug-likeness (QED) is 0.556. The van der Waals surface area contributed by atoms with Crippen molar-refractivity contribution in [3.8, 4) is 0 Å². The molecule has 1 aliphatic heterocycles. The first-order chi connectivity index (χ1) is 13.7. The smallest absolute Gasteiger partial charge is 0.274 e. The van der Waals surface area contributed by atoms with Crippen LogP contribution in [0, 0.1) is 11.3 Å². The van der Waals surface area contributed by atoms with Gasteiger partial charge in [0.25, 0.3) is 10.1 Å². The molecule has 1 heterocycles. The summed E-state index contributed by atoms with van der Waals surface area (Å²) in [6.07, 6.45) is 0.337. The predicted octanol–water partition coefficient (Wildman–Crippen LogP) is 1.81. The summed E-state index contributed by atoms with van der Waals surface area (Å²) >= 11 is 5.96. The van der Waals surface area contributed by atoms with Gasteiger partial charge in [-0.15, -0.1) is 0 Å². The third kappa shape index (κ3) is 5.51. The van der Waals surface area contributed by atoms with E-state index >= 15 is 0 Å². The Hall–Kier alpha value is -1.68. The van der Waals surface area contributed by atoms with Crippen molar-refractivity contribution in [1.82, 2.24) is 10.2 Å². The van der Waals surface area contributed by atoms with Crippen LogP contribution in [0.25, 0.3) is 0 Å². The van der Waals surface area contributed by atoms with Gasteiger partial charge >= 0.3 is 0 Å². The molecule has 1 aromatic rings. The number of nitrogens with one attached hydrogen (secondary N) is 1. The van der Waals surface area contributed by atoms with Crippen molar-refractivity contribution in [2.75, 3.05) is 18.8 Å². The molecule has 0 spiro atoms. The first-order valence-corrected chi connectivity index (χ1v) is 11.7. The molecule has 1 fully saturated rings. The second-order valence-electron chi connectivity index (χ2n) is 8.63. The fourth-order valence-electron chi connectivity index (χ4n) is 3.86. The summed E-state index contributed by atoms with van der Waals surface area (Å²) in [6.45, 7) is 7.67. The van der Waals surface area contributed by atoms with Gasteiger partial charge in [0.05, 0.1) is 11.5 Å². The number of carbonyl (C=O) groups excluding carboxylic acids is 2. The number of hydrogen-bond acceptors (Lipinski definition) is 5. The number of carbonyl (C=O) groups is 2. The zero-order valence-corrected chi connectivity index (χ0v) is 19.1. The van der Waals surface area contributed by atoms with Crippen LogP contribution in [0.15, 0.2) is 24.3 Å². The zero-order chi connectivity index (χ0) is 22.9. The van der Waals surface area contributed by atoms with Gasteiger partial charge in [0.15, 0.2) is 5.75 Å². The van der Waals surface area contributed by atoms with Gasteiger partial charge in [-0.1, -0.05) is 44.5 Å². The number of likely N-dealkylation sites (tertiary alicyclic amines) is 1. The minimum atomic E-state index is -4.44. The second-order valence-corrected chi connectivity index (χ2v) is 10.5. The molecule has 1 aromatic carbocycles. The average Bonchev–Trinajstić information content (AvgIpc) is 2.61. The molecule has 30 heavy (non-hydrogen) atoms. The average molecular weight is 461 g/mol. The molecule has 1 saturated heterocycles. The minimum Gasteiger partial charge on any atom is -0.384 e. The van der Waals surface area contributed by atoms with Crippen molar-refractivity contribution in [3.05, 3.63) is 34.9 Å². The number of nitrogens with zero attached hydrogens (tertiary/aromatic N) is 1. The van der Waals surface area contributed by atoms with E-state index in [0.29, 0.717) is 24.5 Å². The fraction of sp³-hybridized carbons (Fsp3) is 0.600. The third-order valence-electron chi connectivity index (χ3n) is 5.92. The summed E-state index contributed by atoms with van der Waals surface area (Å²) in [5, 5.41) is 14.4. The normalized spacial score (nSPS) is 23.5. The van der Waals surface area contributed by atoms with Crippen LogP contribution < -0.4 is 5.32 Å². The van der Waals surface area contributed by atoms with E-state index in [2.05, 4.69) is 5.32 Å². The van der Waals surface area contributed by atoms with Crippen molar-refractivity contribution in [2.24, 2.45) is 11.3 Å². The van der Waals surface area contributed by atoms with E-state index in [9.17, 15) is 23.1 Å². The fourth-order valence-corrected chi connectivity index (χ4v) is 4.40. The Labute approximate surface area is 182 Å². The number of benzene rings is 1. The molecule has 0 saturated carbocycles. The van der Waals surface area contributed by atoms with Crippen molar-refractivity contribution < 1.29 is 27.7 Å². The third-order valence-corrected chi connectivity index (χ3v) is 6.80. The number of halogens is 1. The SMILES string of the molecule is CC(NC(=O)CS(=O)(=O)O)[C@@H](C)C(=O)N1CC[C@](O)(c2ccc(Cl)cc2)C(C)(C)C1. The maximum absolute atomic E-state index is 13.0. The number of aliphatic hydroxyl groups is 1. The van der Waals surface area contributed by atoms with E-state index in [1.165, 1.54) is 0 Å². The molecule has 1 aliphatic rings. The number of hydrogen-bond donors (Lipinski definition) is 3. The van der Waals surface area contributed by atoms with Gasteiger partial charge in [0.2, 0.25) is 11.8 Å². The molecule has 2 amide bonds. The van der Waals surface area contributed by atoms with Gasteiger partial charge in [0, 0.05) is 29.6 Å². The van der Waals surface area contributed by atoms with Gasteiger partial charge < -0.3 is 15.3 Å². The maximum atomic E-state index is 13.0.